The summed E-state index contributed by atoms with van der Waals surface area (Å²) >= 11 is 4.37. The zero-order valence-electron chi connectivity index (χ0n) is 2.74. The Hall–Kier alpha value is 1.35. The standard InChI is InChI=1S/H3O3PS.Sb.2H/c1-4(2,3)5;;;/h(H3,1,2,3,5);;;/q;+1;;/p-1. The van der Waals surface area contributed by atoms with Crippen LogP contribution in [0.2, 0.25) is 0 Å². The third-order valence-corrected chi connectivity index (χ3v) is 4.50. The molecule has 0 saturated carbocycles. The van der Waals surface area contributed by atoms with Crippen LogP contribution >= 0.6 is 6.72 Å². The maximum atomic E-state index is 8.12. The molecule has 0 unspecified atom stereocenters. The predicted molar refractivity (Wildman–Crippen MR) is 28.4 cm³/mol. The van der Waals surface area contributed by atoms with E-state index in [1.165, 1.54) is 0 Å². The van der Waals surface area contributed by atoms with Gasteiger partial charge in [-0.25, -0.2) is 0 Å². The zero-order valence-corrected chi connectivity index (χ0v) is 7.74. The van der Waals surface area contributed by atoms with Crippen LogP contribution in [0.4, 0.5) is 0 Å². The average Bonchev–Trinajstić information content (AvgIpc) is 1.35. The first-order valence-electron chi connectivity index (χ1n) is 1.00. The van der Waals surface area contributed by atoms with Gasteiger partial charge in [0.05, 0.1) is 0 Å². The van der Waals surface area contributed by atoms with E-state index in [-0.39, 0.29) is 0 Å². The van der Waals surface area contributed by atoms with Crippen LogP contribution in [0.5, 0.6) is 0 Å². The van der Waals surface area contributed by atoms with Crippen LogP contribution in [-0.4, -0.2) is 33.2 Å². The van der Waals surface area contributed by atoms with Crippen molar-refractivity contribution in [1.29, 1.82) is 0 Å². The van der Waals surface area contributed by atoms with Crippen molar-refractivity contribution in [3.8, 4) is 0 Å². The molecule has 0 amide bonds. The monoisotopic (exact) mass is 236 g/mol. The summed E-state index contributed by atoms with van der Waals surface area (Å²) in [6, 6.07) is 0. The molecule has 0 aromatic carbocycles. The van der Waals surface area contributed by atoms with Gasteiger partial charge in [0.15, 0.2) is 0 Å². The van der Waals surface area contributed by atoms with Crippen LogP contribution in [0.1, 0.15) is 0 Å². The van der Waals surface area contributed by atoms with Gasteiger partial charge in [0, 0.05) is 0 Å². The van der Waals surface area contributed by atoms with Crippen molar-refractivity contribution >= 4 is 42.0 Å². The van der Waals surface area contributed by atoms with E-state index < -0.39 is 6.72 Å². The van der Waals surface area contributed by atoms with Crippen LogP contribution in [0, 0.1) is 0 Å². The van der Waals surface area contributed by atoms with E-state index in [1.54, 1.807) is 0 Å². The molecule has 0 atom stereocenters. The molecule has 38 valence electrons. The van der Waals surface area contributed by atoms with Crippen LogP contribution in [0.3, 0.4) is 0 Å². The normalized spacial score (nSPS) is 11.8. The Labute approximate surface area is 54.6 Å². The van der Waals surface area contributed by atoms with Gasteiger partial charge in [-0.1, -0.05) is 0 Å². The van der Waals surface area contributed by atoms with Crippen molar-refractivity contribution in [1.82, 2.24) is 0 Å². The Bertz CT molecular complexity index is 74.9. The van der Waals surface area contributed by atoms with Crippen molar-refractivity contribution in [2.75, 3.05) is 0 Å². The number of hydrogen-bond donors (Lipinski definition) is 2. The molecule has 0 aliphatic carbocycles. The zero-order chi connectivity index (χ0) is 5.21. The second kappa shape index (κ2) is 2.61. The quantitative estimate of drug-likeness (QED) is 0.442. The second-order valence-corrected chi connectivity index (χ2v) is 5.02. The van der Waals surface area contributed by atoms with Gasteiger partial charge in [0.25, 0.3) is 0 Å². The van der Waals surface area contributed by atoms with Gasteiger partial charge < -0.3 is 0 Å². The molecule has 0 fully saturated rings. The topological polar surface area (TPSA) is 49.7 Å². The molecular weight excluding hydrogens is 233 g/mol. The van der Waals surface area contributed by atoms with E-state index >= 15 is 0 Å². The van der Waals surface area contributed by atoms with Crippen molar-refractivity contribution in [3.05, 3.63) is 0 Å². The summed E-state index contributed by atoms with van der Waals surface area (Å²) in [7, 11) is 0. The first kappa shape index (κ1) is 7.35. The number of rotatable bonds is 1. The van der Waals surface area contributed by atoms with Crippen LogP contribution in [0.25, 0.3) is 0 Å². The van der Waals surface area contributed by atoms with E-state index in [0.717, 1.165) is 0 Å². The van der Waals surface area contributed by atoms with Crippen LogP contribution < -0.4 is 0 Å². The Morgan fingerprint density at radius 2 is 1.83 bits per heavy atom. The molecule has 0 saturated heterocycles. The molecule has 0 rings (SSSR count). The summed E-state index contributed by atoms with van der Waals surface area (Å²) in [6.45, 7) is -3.26. The molecule has 2 N–H and O–H groups in total. The molecule has 6 heteroatoms. The molecule has 0 aliphatic heterocycles. The molecule has 0 bridgehead atoms. The number of hydrogen-bond acceptors (Lipinski definition) is 2. The van der Waals surface area contributed by atoms with E-state index in [9.17, 15) is 0 Å². The summed E-state index contributed by atoms with van der Waals surface area (Å²) in [6.07, 6.45) is 0. The molecule has 0 aromatic rings. The van der Waals surface area contributed by atoms with Gasteiger partial charge in [0.1, 0.15) is 0 Å². The summed E-state index contributed by atoms with van der Waals surface area (Å²) in [5.74, 6) is 0. The molecule has 0 aromatic heterocycles. The van der Waals surface area contributed by atoms with Crippen molar-refractivity contribution in [3.63, 3.8) is 0 Å². The summed E-state index contributed by atoms with van der Waals surface area (Å²) in [5.41, 5.74) is 0. The van der Waals surface area contributed by atoms with Crippen LogP contribution in [-0.2, 0) is 14.6 Å². The second-order valence-electron chi connectivity index (χ2n) is 0.596. The van der Waals surface area contributed by atoms with Crippen molar-refractivity contribution in [2.45, 2.75) is 0 Å². The Morgan fingerprint density at radius 1 is 1.67 bits per heavy atom. The predicted octanol–water partition coefficient (Wildman–Crippen LogP) is -1.24. The minimum atomic E-state index is -3.26. The van der Waals surface area contributed by atoms with Gasteiger partial charge in [-0.2, -0.15) is 0 Å². The van der Waals surface area contributed by atoms with Crippen molar-refractivity contribution < 1.29 is 12.6 Å². The van der Waals surface area contributed by atoms with E-state index in [4.69, 9.17) is 9.79 Å². The fraction of sp³-hybridized carbons (Fsp3) is 0. The van der Waals surface area contributed by atoms with E-state index in [2.05, 4.69) is 14.6 Å². The Kier molecular flexibility index (Phi) is 3.19. The molecule has 6 heavy (non-hydrogen) atoms. The first-order valence-corrected chi connectivity index (χ1v) is 4.97. The van der Waals surface area contributed by atoms with Gasteiger partial charge in [0.2, 0.25) is 0 Å². The minimum absolute atomic E-state index is 0.348. The van der Waals surface area contributed by atoms with Gasteiger partial charge >= 0.3 is 54.6 Å². The average molecular weight is 237 g/mol. The molecule has 3 nitrogen and oxygen atoms in total. The Balaban J connectivity index is 3.48. The summed E-state index contributed by atoms with van der Waals surface area (Å²) < 4.78 is 4.10. The molecule has 0 spiro atoms. The van der Waals surface area contributed by atoms with Gasteiger partial charge in [-0.05, 0) is 0 Å². The molecule has 0 radical (unpaired) electrons. The van der Waals surface area contributed by atoms with E-state index in [0.29, 0.717) is 23.4 Å². The summed E-state index contributed by atoms with van der Waals surface area (Å²) in [5, 5.41) is 0. The Morgan fingerprint density at radius 3 is 1.83 bits per heavy atom. The SMILES string of the molecule is OP(O)(=S)[O][SbH2]. The summed E-state index contributed by atoms with van der Waals surface area (Å²) in [4.78, 5) is 16.2. The maximum absolute atomic E-state index is 8.12. The first-order chi connectivity index (χ1) is 2.56. The fourth-order valence-corrected chi connectivity index (χ4v) is 0. The van der Waals surface area contributed by atoms with Gasteiger partial charge in [-0.15, -0.1) is 0 Å². The van der Waals surface area contributed by atoms with Crippen molar-refractivity contribution in [2.24, 2.45) is 0 Å². The molecular formula is H4O3PSSb. The van der Waals surface area contributed by atoms with Gasteiger partial charge in [-0.3, -0.25) is 0 Å². The molecule has 0 aliphatic rings. The molecule has 0 heterocycles. The van der Waals surface area contributed by atoms with Crippen LogP contribution in [0.15, 0.2) is 0 Å². The third kappa shape index (κ3) is 5.35. The third-order valence-electron chi connectivity index (χ3n) is 0.137. The van der Waals surface area contributed by atoms with E-state index in [1.807, 2.05) is 0 Å². The fourth-order valence-electron chi connectivity index (χ4n) is 0.